The molecule has 2 aliphatic rings. The van der Waals surface area contributed by atoms with Crippen molar-refractivity contribution < 1.29 is 9.57 Å². The third-order valence-electron chi connectivity index (χ3n) is 3.18. The van der Waals surface area contributed by atoms with Gasteiger partial charge in [0.2, 0.25) is 0 Å². The Balaban J connectivity index is 1.91. The van der Waals surface area contributed by atoms with Crippen molar-refractivity contribution in [1.82, 2.24) is 4.98 Å². The zero-order chi connectivity index (χ0) is 12.5. The summed E-state index contributed by atoms with van der Waals surface area (Å²) in [5, 5.41) is 9.85. The highest BCUT2D eigenvalue weighted by Gasteiger charge is 2.31. The first-order chi connectivity index (χ1) is 8.79. The van der Waals surface area contributed by atoms with Gasteiger partial charge in [0.05, 0.1) is 18.2 Å². The first-order valence-electron chi connectivity index (χ1n) is 6.08. The normalized spacial score (nSPS) is 19.9. The molecule has 1 aliphatic carbocycles. The fourth-order valence-corrected chi connectivity index (χ4v) is 3.30. The van der Waals surface area contributed by atoms with Gasteiger partial charge in [-0.1, -0.05) is 0 Å². The van der Waals surface area contributed by atoms with Crippen molar-refractivity contribution in [2.24, 2.45) is 5.90 Å². The standard InChI is InChI=1S/C11H16N4O2S/c12-9(17-13)8-11(15-3-5-16-6-4-15)18-10(14-8)7-1-2-7/h7,12H,1-6,13H2. The number of morpholine rings is 1. The molecule has 7 heteroatoms. The van der Waals surface area contributed by atoms with E-state index in [1.54, 1.807) is 11.3 Å². The summed E-state index contributed by atoms with van der Waals surface area (Å²) in [6.07, 6.45) is 2.40. The van der Waals surface area contributed by atoms with Crippen LogP contribution in [0.3, 0.4) is 0 Å². The first kappa shape index (κ1) is 11.9. The third kappa shape index (κ3) is 2.21. The highest BCUT2D eigenvalue weighted by atomic mass is 32.1. The highest BCUT2D eigenvalue weighted by Crippen LogP contribution is 2.45. The molecule has 2 fully saturated rings. The van der Waals surface area contributed by atoms with Crippen molar-refractivity contribution in [2.45, 2.75) is 18.8 Å². The van der Waals surface area contributed by atoms with Gasteiger partial charge in [0.25, 0.3) is 5.90 Å². The summed E-state index contributed by atoms with van der Waals surface area (Å²) in [6.45, 7) is 3.09. The van der Waals surface area contributed by atoms with E-state index in [1.165, 1.54) is 12.8 Å². The summed E-state index contributed by atoms with van der Waals surface area (Å²) in [5.74, 6) is 5.62. The molecule has 1 saturated heterocycles. The van der Waals surface area contributed by atoms with Crippen LogP contribution in [0.15, 0.2) is 0 Å². The van der Waals surface area contributed by atoms with Crippen molar-refractivity contribution >= 4 is 22.2 Å². The molecular weight excluding hydrogens is 252 g/mol. The lowest BCUT2D eigenvalue weighted by Gasteiger charge is -2.27. The quantitative estimate of drug-likeness (QED) is 0.486. The minimum atomic E-state index is -0.0559. The lowest BCUT2D eigenvalue weighted by Crippen LogP contribution is -2.36. The highest BCUT2D eigenvalue weighted by molar-refractivity contribution is 7.16. The largest absolute Gasteiger partial charge is 0.389 e. The second kappa shape index (κ2) is 4.83. The average Bonchev–Trinajstić information content (AvgIpc) is 3.18. The van der Waals surface area contributed by atoms with Crippen LogP contribution >= 0.6 is 11.3 Å². The SMILES string of the molecule is N=C(ON)c1nc(C2CC2)sc1N1CCOCC1. The molecule has 18 heavy (non-hydrogen) atoms. The summed E-state index contributed by atoms with van der Waals surface area (Å²) in [7, 11) is 0. The molecule has 0 atom stereocenters. The third-order valence-corrected chi connectivity index (χ3v) is 4.46. The number of nitrogens with one attached hydrogen (secondary N) is 1. The number of ether oxygens (including phenoxy) is 1. The number of rotatable bonds is 3. The van der Waals surface area contributed by atoms with E-state index < -0.39 is 0 Å². The van der Waals surface area contributed by atoms with Crippen LogP contribution in [0.5, 0.6) is 0 Å². The van der Waals surface area contributed by atoms with E-state index in [1.807, 2.05) is 0 Å². The van der Waals surface area contributed by atoms with Crippen LogP contribution in [0, 0.1) is 5.41 Å². The zero-order valence-corrected chi connectivity index (χ0v) is 10.8. The monoisotopic (exact) mass is 268 g/mol. The Morgan fingerprint density at radius 1 is 1.44 bits per heavy atom. The Morgan fingerprint density at radius 2 is 2.17 bits per heavy atom. The van der Waals surface area contributed by atoms with E-state index in [0.717, 1.165) is 23.1 Å². The maximum atomic E-state index is 7.75. The molecule has 3 N–H and O–H groups in total. The number of hydrogen-bond donors (Lipinski definition) is 2. The van der Waals surface area contributed by atoms with E-state index in [2.05, 4.69) is 14.7 Å². The maximum Gasteiger partial charge on any atom is 0.259 e. The Kier molecular flexibility index (Phi) is 3.19. The second-order valence-corrected chi connectivity index (χ2v) is 5.54. The van der Waals surface area contributed by atoms with E-state index in [9.17, 15) is 0 Å². The van der Waals surface area contributed by atoms with Crippen molar-refractivity contribution in [2.75, 3.05) is 31.2 Å². The molecule has 1 saturated carbocycles. The molecular formula is C11H16N4O2S. The molecule has 6 nitrogen and oxygen atoms in total. The number of nitrogens with zero attached hydrogens (tertiary/aromatic N) is 2. The van der Waals surface area contributed by atoms with Crippen LogP contribution in [0.2, 0.25) is 0 Å². The Labute approximate surface area is 109 Å². The van der Waals surface area contributed by atoms with Crippen molar-refractivity contribution in [3.05, 3.63) is 10.7 Å². The van der Waals surface area contributed by atoms with Crippen molar-refractivity contribution in [3.8, 4) is 0 Å². The Morgan fingerprint density at radius 3 is 2.78 bits per heavy atom. The van der Waals surface area contributed by atoms with E-state index >= 15 is 0 Å². The molecule has 0 unspecified atom stereocenters. The lowest BCUT2D eigenvalue weighted by molar-refractivity contribution is 0.123. The lowest BCUT2D eigenvalue weighted by atomic mass is 10.3. The number of hydrogen-bond acceptors (Lipinski definition) is 7. The fraction of sp³-hybridized carbons (Fsp3) is 0.636. The minimum Gasteiger partial charge on any atom is -0.389 e. The van der Waals surface area contributed by atoms with Crippen LogP contribution in [0.25, 0.3) is 0 Å². The van der Waals surface area contributed by atoms with Gasteiger partial charge in [0.1, 0.15) is 5.00 Å². The van der Waals surface area contributed by atoms with E-state index in [4.69, 9.17) is 16.0 Å². The predicted molar refractivity (Wildman–Crippen MR) is 69.2 cm³/mol. The molecule has 1 aromatic heterocycles. The van der Waals surface area contributed by atoms with Crippen LogP contribution < -0.4 is 10.8 Å². The average molecular weight is 268 g/mol. The maximum absolute atomic E-state index is 7.75. The molecule has 0 radical (unpaired) electrons. The molecule has 0 spiro atoms. The summed E-state index contributed by atoms with van der Waals surface area (Å²) >= 11 is 1.66. The molecule has 3 rings (SSSR count). The van der Waals surface area contributed by atoms with Crippen molar-refractivity contribution in [3.63, 3.8) is 0 Å². The summed E-state index contributed by atoms with van der Waals surface area (Å²) in [4.78, 5) is 11.3. The number of nitrogens with two attached hydrogens (primary N) is 1. The molecule has 1 aliphatic heterocycles. The first-order valence-corrected chi connectivity index (χ1v) is 6.90. The van der Waals surface area contributed by atoms with Gasteiger partial charge >= 0.3 is 0 Å². The number of anilines is 1. The van der Waals surface area contributed by atoms with Crippen molar-refractivity contribution in [1.29, 1.82) is 5.41 Å². The molecule has 98 valence electrons. The minimum absolute atomic E-state index is 0.0559. The summed E-state index contributed by atoms with van der Waals surface area (Å²) < 4.78 is 5.35. The molecule has 1 aromatic rings. The van der Waals surface area contributed by atoms with Crippen LogP contribution in [-0.2, 0) is 9.57 Å². The summed E-state index contributed by atoms with van der Waals surface area (Å²) in [6, 6.07) is 0. The zero-order valence-electron chi connectivity index (χ0n) is 10.0. The molecule has 0 aromatic carbocycles. The van der Waals surface area contributed by atoms with Crippen LogP contribution in [0.1, 0.15) is 29.5 Å². The predicted octanol–water partition coefficient (Wildman–Crippen LogP) is 1.07. The number of aromatic nitrogens is 1. The summed E-state index contributed by atoms with van der Waals surface area (Å²) in [5.41, 5.74) is 0.575. The van der Waals surface area contributed by atoms with Gasteiger partial charge in [-0.25, -0.2) is 4.98 Å². The van der Waals surface area contributed by atoms with E-state index in [0.29, 0.717) is 24.8 Å². The van der Waals surface area contributed by atoms with Gasteiger partial charge in [-0.15, -0.1) is 11.3 Å². The van der Waals surface area contributed by atoms with Gasteiger partial charge in [0, 0.05) is 19.0 Å². The van der Waals surface area contributed by atoms with E-state index in [-0.39, 0.29) is 5.90 Å². The number of thiazole rings is 1. The van der Waals surface area contributed by atoms with Gasteiger partial charge in [0.15, 0.2) is 5.69 Å². The fourth-order valence-electron chi connectivity index (χ4n) is 2.02. The molecule has 0 amide bonds. The second-order valence-electron chi connectivity index (χ2n) is 4.53. The van der Waals surface area contributed by atoms with Gasteiger partial charge in [-0.3, -0.25) is 5.41 Å². The van der Waals surface area contributed by atoms with Gasteiger partial charge in [-0.2, -0.15) is 5.90 Å². The van der Waals surface area contributed by atoms with Gasteiger partial charge < -0.3 is 14.5 Å². The smallest absolute Gasteiger partial charge is 0.259 e. The van der Waals surface area contributed by atoms with Crippen LogP contribution in [-0.4, -0.2) is 37.2 Å². The topological polar surface area (TPSA) is 84.5 Å². The molecule has 0 bridgehead atoms. The van der Waals surface area contributed by atoms with Crippen LogP contribution in [0.4, 0.5) is 5.00 Å². The Hall–Kier alpha value is -1.18. The van der Waals surface area contributed by atoms with Gasteiger partial charge in [-0.05, 0) is 12.8 Å². The Bertz CT molecular complexity index is 452. The molecule has 2 heterocycles.